The largest absolute Gasteiger partial charge is 0.328 e. The molecule has 1 aliphatic carbocycles. The zero-order valence-corrected chi connectivity index (χ0v) is 17.1. The molecule has 152 valence electrons. The summed E-state index contributed by atoms with van der Waals surface area (Å²) in [6, 6.07) is 5.96. The fourth-order valence-corrected chi connectivity index (χ4v) is 4.63. The summed E-state index contributed by atoms with van der Waals surface area (Å²) < 4.78 is 1.76. The van der Waals surface area contributed by atoms with E-state index in [4.69, 9.17) is 0 Å². The first-order valence-electron chi connectivity index (χ1n) is 9.95. The van der Waals surface area contributed by atoms with E-state index in [1.807, 2.05) is 0 Å². The number of thioether (sulfide) groups is 1. The molecule has 9 heteroatoms. The molecule has 1 aromatic heterocycles. The van der Waals surface area contributed by atoms with Crippen molar-refractivity contribution in [1.82, 2.24) is 14.8 Å². The summed E-state index contributed by atoms with van der Waals surface area (Å²) in [5.74, 6) is 1.67. The van der Waals surface area contributed by atoms with Gasteiger partial charge in [-0.05, 0) is 37.0 Å². The summed E-state index contributed by atoms with van der Waals surface area (Å²) in [6.07, 6.45) is 5.55. The third-order valence-electron chi connectivity index (χ3n) is 5.25. The highest BCUT2D eigenvalue weighted by atomic mass is 32.2. The average Bonchev–Trinajstić information content (AvgIpc) is 3.12. The number of nitro benzene ring substituents is 1. The maximum Gasteiger partial charge on any atom is 0.269 e. The van der Waals surface area contributed by atoms with Gasteiger partial charge in [-0.15, -0.1) is 5.10 Å². The second-order valence-electron chi connectivity index (χ2n) is 7.26. The summed E-state index contributed by atoms with van der Waals surface area (Å²) in [5.41, 5.74) is 2.42. The molecular formula is C20H23N5O3S. The van der Waals surface area contributed by atoms with Crippen LogP contribution in [-0.4, -0.2) is 31.2 Å². The highest BCUT2D eigenvalue weighted by Crippen LogP contribution is 2.40. The van der Waals surface area contributed by atoms with E-state index in [-0.39, 0.29) is 11.5 Å². The van der Waals surface area contributed by atoms with Crippen LogP contribution in [0.25, 0.3) is 0 Å². The lowest BCUT2D eigenvalue weighted by Crippen LogP contribution is -2.31. The molecule has 0 bridgehead atoms. The third-order valence-corrected chi connectivity index (χ3v) is 6.17. The van der Waals surface area contributed by atoms with Gasteiger partial charge in [0.2, 0.25) is 11.1 Å². The molecule has 0 fully saturated rings. The van der Waals surface area contributed by atoms with Gasteiger partial charge in [0.05, 0.1) is 4.92 Å². The Hall–Kier alpha value is -2.68. The standard InChI is InChI=1S/C20H23N5O3S/c1-2-3-4-12-29-20-22-19-21-15-6-5-7-16(26)17(15)18(24(19)23-20)13-8-10-14(11-9-13)25(27)28/h8-11,18H,2-7,12H2,1H3,(H,21,22,23)/t18-/m0/s1. The van der Waals surface area contributed by atoms with Gasteiger partial charge in [0.1, 0.15) is 6.04 Å². The number of unbranched alkanes of at least 4 members (excludes halogenated alkanes) is 2. The van der Waals surface area contributed by atoms with Crippen molar-refractivity contribution in [3.05, 3.63) is 51.2 Å². The predicted octanol–water partition coefficient (Wildman–Crippen LogP) is 4.49. The van der Waals surface area contributed by atoms with Gasteiger partial charge in [-0.25, -0.2) is 4.68 Å². The molecule has 4 rings (SSSR count). The molecule has 1 N–H and O–H groups in total. The number of nitro groups is 1. The Balaban J connectivity index is 1.70. The first-order chi connectivity index (χ1) is 14.1. The number of Topliss-reactive ketones (excluding diaryl/α,β-unsaturated/α-hetero) is 1. The number of anilines is 1. The molecule has 0 spiro atoms. The minimum Gasteiger partial charge on any atom is -0.328 e. The van der Waals surface area contributed by atoms with Crippen molar-refractivity contribution in [1.29, 1.82) is 0 Å². The maximum atomic E-state index is 12.8. The number of aromatic nitrogens is 3. The number of carbonyl (C=O) groups is 1. The number of rotatable bonds is 7. The van der Waals surface area contributed by atoms with Crippen LogP contribution in [0.4, 0.5) is 11.6 Å². The highest BCUT2D eigenvalue weighted by molar-refractivity contribution is 7.99. The van der Waals surface area contributed by atoms with Gasteiger partial charge in [-0.2, -0.15) is 4.98 Å². The van der Waals surface area contributed by atoms with Gasteiger partial charge in [-0.1, -0.05) is 31.5 Å². The van der Waals surface area contributed by atoms with E-state index in [9.17, 15) is 14.9 Å². The number of allylic oxidation sites excluding steroid dienone is 2. The van der Waals surface area contributed by atoms with Gasteiger partial charge in [-0.3, -0.25) is 14.9 Å². The molecule has 1 aliphatic heterocycles. The topological polar surface area (TPSA) is 103 Å². The molecule has 8 nitrogen and oxygen atoms in total. The normalized spacial score (nSPS) is 18.2. The van der Waals surface area contributed by atoms with Gasteiger partial charge in [0.25, 0.3) is 5.69 Å². The van der Waals surface area contributed by atoms with Crippen LogP contribution in [0.1, 0.15) is 57.1 Å². The van der Waals surface area contributed by atoms with Crippen LogP contribution in [0.5, 0.6) is 0 Å². The van der Waals surface area contributed by atoms with E-state index in [2.05, 4.69) is 22.3 Å². The van der Waals surface area contributed by atoms with Crippen molar-refractivity contribution < 1.29 is 9.72 Å². The molecule has 1 atom stereocenters. The van der Waals surface area contributed by atoms with Crippen molar-refractivity contribution in [3.63, 3.8) is 0 Å². The minimum atomic E-state index is -0.422. The van der Waals surface area contributed by atoms with Crippen molar-refractivity contribution in [2.24, 2.45) is 0 Å². The number of fused-ring (bicyclic) bond motifs is 1. The number of nitrogens with one attached hydrogen (secondary N) is 1. The lowest BCUT2D eigenvalue weighted by atomic mass is 9.85. The van der Waals surface area contributed by atoms with Gasteiger partial charge in [0, 0.05) is 35.6 Å². The fraction of sp³-hybridized carbons (Fsp3) is 0.450. The van der Waals surface area contributed by atoms with Crippen LogP contribution in [0.3, 0.4) is 0 Å². The van der Waals surface area contributed by atoms with E-state index < -0.39 is 11.0 Å². The molecular weight excluding hydrogens is 390 g/mol. The molecule has 0 unspecified atom stereocenters. The van der Waals surface area contributed by atoms with E-state index in [1.54, 1.807) is 28.6 Å². The Bertz CT molecular complexity index is 967. The Kier molecular flexibility index (Phi) is 5.66. The van der Waals surface area contributed by atoms with E-state index in [0.717, 1.165) is 42.7 Å². The molecule has 0 saturated heterocycles. The Labute approximate surface area is 172 Å². The van der Waals surface area contributed by atoms with Gasteiger partial charge >= 0.3 is 0 Å². The number of hydrogen-bond donors (Lipinski definition) is 1. The highest BCUT2D eigenvalue weighted by Gasteiger charge is 2.36. The van der Waals surface area contributed by atoms with Crippen molar-refractivity contribution in [3.8, 4) is 0 Å². The summed E-state index contributed by atoms with van der Waals surface area (Å²) in [4.78, 5) is 28.0. The summed E-state index contributed by atoms with van der Waals surface area (Å²) in [6.45, 7) is 2.17. The summed E-state index contributed by atoms with van der Waals surface area (Å²) >= 11 is 1.62. The summed E-state index contributed by atoms with van der Waals surface area (Å²) in [5, 5.41) is 19.7. The zero-order chi connectivity index (χ0) is 20.4. The van der Waals surface area contributed by atoms with Crippen LogP contribution in [-0.2, 0) is 4.79 Å². The fourth-order valence-electron chi connectivity index (χ4n) is 3.80. The predicted molar refractivity (Wildman–Crippen MR) is 111 cm³/mol. The lowest BCUT2D eigenvalue weighted by molar-refractivity contribution is -0.384. The van der Waals surface area contributed by atoms with Gasteiger partial charge < -0.3 is 5.32 Å². The smallest absolute Gasteiger partial charge is 0.269 e. The number of carbonyl (C=O) groups excluding carboxylic acids is 1. The van der Waals surface area contributed by atoms with E-state index >= 15 is 0 Å². The monoisotopic (exact) mass is 413 g/mol. The van der Waals surface area contributed by atoms with E-state index in [0.29, 0.717) is 23.1 Å². The molecule has 0 amide bonds. The molecule has 2 heterocycles. The van der Waals surface area contributed by atoms with Gasteiger partial charge in [0.15, 0.2) is 5.78 Å². The molecule has 2 aliphatic rings. The van der Waals surface area contributed by atoms with Crippen LogP contribution in [0.15, 0.2) is 40.7 Å². The second kappa shape index (κ2) is 8.36. The van der Waals surface area contributed by atoms with Crippen LogP contribution in [0, 0.1) is 10.1 Å². The van der Waals surface area contributed by atoms with Crippen molar-refractivity contribution in [2.75, 3.05) is 11.1 Å². The summed E-state index contributed by atoms with van der Waals surface area (Å²) in [7, 11) is 0. The van der Waals surface area contributed by atoms with Crippen LogP contribution < -0.4 is 5.32 Å². The minimum absolute atomic E-state index is 0.0258. The number of hydrogen-bond acceptors (Lipinski definition) is 7. The Morgan fingerprint density at radius 1 is 1.28 bits per heavy atom. The number of non-ortho nitro benzene ring substituents is 1. The average molecular weight is 414 g/mol. The Morgan fingerprint density at radius 2 is 2.07 bits per heavy atom. The zero-order valence-electron chi connectivity index (χ0n) is 16.3. The first kappa shape index (κ1) is 19.6. The van der Waals surface area contributed by atoms with Crippen LogP contribution >= 0.6 is 11.8 Å². The molecule has 1 aromatic carbocycles. The number of ketones is 1. The van der Waals surface area contributed by atoms with Crippen molar-refractivity contribution in [2.45, 2.75) is 56.6 Å². The third kappa shape index (κ3) is 3.91. The molecule has 0 saturated carbocycles. The molecule has 0 radical (unpaired) electrons. The SMILES string of the molecule is CCCCCSc1nc2n(n1)[C@@H](c1ccc([N+](=O)[O-])cc1)C1=C(CCCC1=O)N2. The first-order valence-corrected chi connectivity index (χ1v) is 10.9. The molecule has 29 heavy (non-hydrogen) atoms. The van der Waals surface area contributed by atoms with E-state index in [1.165, 1.54) is 18.6 Å². The maximum absolute atomic E-state index is 12.8. The van der Waals surface area contributed by atoms with Crippen LogP contribution in [0.2, 0.25) is 0 Å². The number of benzene rings is 1. The quantitative estimate of drug-likeness (QED) is 0.309. The second-order valence-corrected chi connectivity index (χ2v) is 8.33. The van der Waals surface area contributed by atoms with Crippen molar-refractivity contribution >= 4 is 29.2 Å². The Morgan fingerprint density at radius 3 is 2.79 bits per heavy atom. The molecule has 2 aromatic rings. The number of nitrogens with zero attached hydrogens (tertiary/aromatic N) is 4. The lowest BCUT2D eigenvalue weighted by Gasteiger charge is -2.32.